The molecular weight excluding hydrogens is 312 g/mol. The van der Waals surface area contributed by atoms with Crippen LogP contribution in [-0.4, -0.2) is 30.5 Å². The van der Waals surface area contributed by atoms with Gasteiger partial charge in [-0.3, -0.25) is 0 Å². The van der Waals surface area contributed by atoms with Crippen molar-refractivity contribution in [3.63, 3.8) is 0 Å². The largest absolute Gasteiger partial charge is 0.497 e. The molecule has 5 rings (SSSR count). The van der Waals surface area contributed by atoms with Gasteiger partial charge in [-0.15, -0.1) is 0 Å². The number of fused-ring (bicyclic) bond motifs is 6. The second-order valence-electron chi connectivity index (χ2n) is 9.02. The molecule has 1 saturated heterocycles. The molecule has 1 N–H and O–H groups in total. The maximum Gasteiger partial charge on any atom is 0.119 e. The van der Waals surface area contributed by atoms with Gasteiger partial charge in [-0.25, -0.2) is 0 Å². The van der Waals surface area contributed by atoms with Crippen molar-refractivity contribution >= 4 is 0 Å². The van der Waals surface area contributed by atoms with Crippen LogP contribution >= 0.6 is 0 Å². The van der Waals surface area contributed by atoms with Crippen molar-refractivity contribution in [2.45, 2.75) is 69.5 Å². The van der Waals surface area contributed by atoms with Crippen LogP contribution in [-0.2, 0) is 11.2 Å². The molecule has 1 aromatic carbocycles. The van der Waals surface area contributed by atoms with Crippen LogP contribution in [0, 0.1) is 17.3 Å². The number of hydrogen-bond donors (Lipinski definition) is 1. The lowest BCUT2D eigenvalue weighted by molar-refractivity contribution is -0.153. The second kappa shape index (κ2) is 5.47. The lowest BCUT2D eigenvalue weighted by Gasteiger charge is -2.54. The summed E-state index contributed by atoms with van der Waals surface area (Å²) in [7, 11) is 1.75. The third-order valence-electron chi connectivity index (χ3n) is 8.41. The minimum Gasteiger partial charge on any atom is -0.497 e. The van der Waals surface area contributed by atoms with E-state index in [9.17, 15) is 5.11 Å². The first kappa shape index (κ1) is 16.1. The molecule has 3 fully saturated rings. The standard InChI is InChI=1S/C22H30O3/c1-21-10-7-17-16-6-4-15(24-2)13-14(16)3-5-18(17)19(21)8-11-22(21)20(23)9-12-25-22/h4,6,13,17-20,23H,3,5,7-12H2,1-2H3/t17-,18-,19+,20+,21+,22-/m1/s1. The fourth-order valence-corrected chi connectivity index (χ4v) is 7.19. The maximum atomic E-state index is 10.8. The Bertz CT molecular complexity index is 686. The minimum atomic E-state index is -0.265. The Morgan fingerprint density at radius 3 is 2.80 bits per heavy atom. The normalized spacial score (nSPS) is 45.1. The van der Waals surface area contributed by atoms with Crippen molar-refractivity contribution < 1.29 is 14.6 Å². The molecule has 0 unspecified atom stereocenters. The van der Waals surface area contributed by atoms with Gasteiger partial charge in [-0.2, -0.15) is 0 Å². The zero-order valence-electron chi connectivity index (χ0n) is 15.5. The summed E-state index contributed by atoms with van der Waals surface area (Å²) >= 11 is 0. The molecule has 3 aliphatic carbocycles. The molecular formula is C22H30O3. The van der Waals surface area contributed by atoms with Crippen LogP contribution in [0.25, 0.3) is 0 Å². The van der Waals surface area contributed by atoms with Crippen LogP contribution in [0.2, 0.25) is 0 Å². The zero-order valence-corrected chi connectivity index (χ0v) is 15.5. The van der Waals surface area contributed by atoms with E-state index in [-0.39, 0.29) is 17.1 Å². The lowest BCUT2D eigenvalue weighted by Crippen LogP contribution is -2.55. The molecule has 136 valence electrons. The highest BCUT2D eigenvalue weighted by atomic mass is 16.5. The molecule has 25 heavy (non-hydrogen) atoms. The monoisotopic (exact) mass is 342 g/mol. The topological polar surface area (TPSA) is 38.7 Å². The second-order valence-corrected chi connectivity index (χ2v) is 9.02. The van der Waals surface area contributed by atoms with Crippen LogP contribution in [0.15, 0.2) is 18.2 Å². The van der Waals surface area contributed by atoms with Gasteiger partial charge < -0.3 is 14.6 Å². The van der Waals surface area contributed by atoms with Crippen molar-refractivity contribution in [1.29, 1.82) is 0 Å². The Labute approximate surface area is 150 Å². The molecule has 1 aliphatic heterocycles. The molecule has 3 heteroatoms. The molecule has 2 saturated carbocycles. The van der Waals surface area contributed by atoms with Crippen molar-refractivity contribution in [2.75, 3.05) is 13.7 Å². The number of hydrogen-bond acceptors (Lipinski definition) is 3. The predicted octanol–water partition coefficient (Wildman–Crippen LogP) is 4.07. The molecule has 1 heterocycles. The number of methoxy groups -OCH3 is 1. The van der Waals surface area contributed by atoms with Gasteiger partial charge in [-0.05, 0) is 86.0 Å². The fourth-order valence-electron chi connectivity index (χ4n) is 7.19. The van der Waals surface area contributed by atoms with Gasteiger partial charge in [0.05, 0.1) is 25.4 Å². The summed E-state index contributed by atoms with van der Waals surface area (Å²) in [5.41, 5.74) is 2.94. The first-order valence-corrected chi connectivity index (χ1v) is 10.1. The first-order valence-electron chi connectivity index (χ1n) is 10.1. The Morgan fingerprint density at radius 2 is 2.04 bits per heavy atom. The molecule has 0 aromatic heterocycles. The van der Waals surface area contributed by atoms with Crippen molar-refractivity contribution in [3.05, 3.63) is 29.3 Å². The number of aryl methyl sites for hydroxylation is 1. The average Bonchev–Trinajstić information content (AvgIpc) is 3.16. The van der Waals surface area contributed by atoms with Crippen LogP contribution in [0.5, 0.6) is 5.75 Å². The van der Waals surface area contributed by atoms with Gasteiger partial charge in [0.15, 0.2) is 0 Å². The lowest BCUT2D eigenvalue weighted by atomic mass is 9.52. The van der Waals surface area contributed by atoms with Crippen molar-refractivity contribution in [3.8, 4) is 5.75 Å². The molecule has 0 radical (unpaired) electrons. The van der Waals surface area contributed by atoms with Gasteiger partial charge in [0, 0.05) is 5.41 Å². The quantitative estimate of drug-likeness (QED) is 0.836. The Kier molecular flexibility index (Phi) is 3.53. The highest BCUT2D eigenvalue weighted by Gasteiger charge is 2.66. The first-order chi connectivity index (χ1) is 12.1. The van der Waals surface area contributed by atoms with Crippen LogP contribution < -0.4 is 4.74 Å². The smallest absolute Gasteiger partial charge is 0.119 e. The van der Waals surface area contributed by atoms with E-state index < -0.39 is 0 Å². The molecule has 1 spiro atoms. The Balaban J connectivity index is 1.49. The van der Waals surface area contributed by atoms with Gasteiger partial charge in [0.1, 0.15) is 5.75 Å². The summed E-state index contributed by atoms with van der Waals surface area (Å²) in [5.74, 6) is 3.10. The number of ether oxygens (including phenoxy) is 2. The summed E-state index contributed by atoms with van der Waals surface area (Å²) in [6.07, 6.45) is 7.68. The SMILES string of the molecule is COc1ccc2c(c1)CC[C@@H]1[C@@H]2CC[C@@]2(C)[C@H]1CC[C@]21OCC[C@@H]1O. The van der Waals surface area contributed by atoms with Gasteiger partial charge >= 0.3 is 0 Å². The summed E-state index contributed by atoms with van der Waals surface area (Å²) in [4.78, 5) is 0. The summed E-state index contributed by atoms with van der Waals surface area (Å²) < 4.78 is 11.7. The number of aliphatic hydroxyl groups excluding tert-OH is 1. The number of rotatable bonds is 1. The molecule has 1 aromatic rings. The highest BCUT2D eigenvalue weighted by Crippen LogP contribution is 2.67. The Morgan fingerprint density at radius 1 is 1.16 bits per heavy atom. The molecule has 0 amide bonds. The van der Waals surface area contributed by atoms with E-state index in [1.54, 1.807) is 12.7 Å². The van der Waals surface area contributed by atoms with E-state index in [0.717, 1.165) is 37.5 Å². The van der Waals surface area contributed by atoms with Gasteiger partial charge in [0.2, 0.25) is 0 Å². The molecule has 6 atom stereocenters. The summed E-state index contributed by atoms with van der Waals surface area (Å²) in [6.45, 7) is 3.17. The average molecular weight is 342 g/mol. The van der Waals surface area contributed by atoms with E-state index in [1.165, 1.54) is 31.2 Å². The third kappa shape index (κ3) is 2.00. The molecule has 0 bridgehead atoms. The van der Waals surface area contributed by atoms with Crippen LogP contribution in [0.3, 0.4) is 0 Å². The maximum absolute atomic E-state index is 10.8. The molecule has 3 nitrogen and oxygen atoms in total. The molecule has 4 aliphatic rings. The summed E-state index contributed by atoms with van der Waals surface area (Å²) in [6, 6.07) is 6.70. The van der Waals surface area contributed by atoms with Crippen LogP contribution in [0.1, 0.15) is 62.5 Å². The predicted molar refractivity (Wildman–Crippen MR) is 96.9 cm³/mol. The highest BCUT2D eigenvalue weighted by molar-refractivity contribution is 5.41. The summed E-state index contributed by atoms with van der Waals surface area (Å²) in [5, 5.41) is 10.8. The third-order valence-corrected chi connectivity index (χ3v) is 8.41. The van der Waals surface area contributed by atoms with Gasteiger partial charge in [0.25, 0.3) is 0 Å². The number of aliphatic hydroxyl groups is 1. The van der Waals surface area contributed by atoms with Crippen LogP contribution in [0.4, 0.5) is 0 Å². The minimum absolute atomic E-state index is 0.147. The van der Waals surface area contributed by atoms with E-state index in [0.29, 0.717) is 11.8 Å². The van der Waals surface area contributed by atoms with E-state index >= 15 is 0 Å². The van der Waals surface area contributed by atoms with Crippen molar-refractivity contribution in [1.82, 2.24) is 0 Å². The van der Waals surface area contributed by atoms with Gasteiger partial charge in [-0.1, -0.05) is 13.0 Å². The van der Waals surface area contributed by atoms with Crippen molar-refractivity contribution in [2.24, 2.45) is 17.3 Å². The van der Waals surface area contributed by atoms with E-state index in [1.807, 2.05) is 0 Å². The van der Waals surface area contributed by atoms with E-state index in [4.69, 9.17) is 9.47 Å². The van der Waals surface area contributed by atoms with E-state index in [2.05, 4.69) is 25.1 Å². The Hall–Kier alpha value is -1.06. The zero-order chi connectivity index (χ0) is 17.2. The number of benzene rings is 1. The fraction of sp³-hybridized carbons (Fsp3) is 0.727.